The Bertz CT molecular complexity index is 566. The summed E-state index contributed by atoms with van der Waals surface area (Å²) in [6.07, 6.45) is 0. The number of rotatable bonds is 2. The van der Waals surface area contributed by atoms with E-state index in [1.807, 2.05) is 36.4 Å². The van der Waals surface area contributed by atoms with Crippen LogP contribution in [0.1, 0.15) is 6.92 Å². The molecule has 0 saturated carbocycles. The molecule has 2 aromatic carbocycles. The van der Waals surface area contributed by atoms with E-state index in [0.717, 1.165) is 20.9 Å². The van der Waals surface area contributed by atoms with Crippen molar-refractivity contribution >= 4 is 38.3 Å². The van der Waals surface area contributed by atoms with Crippen LogP contribution in [0.25, 0.3) is 10.8 Å². The highest BCUT2D eigenvalue weighted by Crippen LogP contribution is 2.22. The van der Waals surface area contributed by atoms with Crippen molar-refractivity contribution in [3.8, 4) is 0 Å². The van der Waals surface area contributed by atoms with Gasteiger partial charge in [-0.3, -0.25) is 4.79 Å². The number of nitrogens with two attached hydrogens (primary N) is 1. The molecule has 0 aliphatic heterocycles. The van der Waals surface area contributed by atoms with Crippen LogP contribution in [0, 0.1) is 0 Å². The van der Waals surface area contributed by atoms with Gasteiger partial charge in [0, 0.05) is 10.2 Å². The SMILES string of the molecule is CC(N)C(=O)Nc1ccc2cc(Br)ccc2c1. The number of hydrogen-bond acceptors (Lipinski definition) is 2. The number of fused-ring (bicyclic) bond motifs is 1. The summed E-state index contributed by atoms with van der Waals surface area (Å²) in [6, 6.07) is 11.3. The highest BCUT2D eigenvalue weighted by molar-refractivity contribution is 9.10. The van der Waals surface area contributed by atoms with E-state index >= 15 is 0 Å². The second kappa shape index (κ2) is 4.85. The Morgan fingerprint density at radius 3 is 2.59 bits per heavy atom. The minimum Gasteiger partial charge on any atom is -0.325 e. The number of carbonyl (C=O) groups excluding carboxylic acids is 1. The molecule has 3 nitrogen and oxygen atoms in total. The van der Waals surface area contributed by atoms with Crippen molar-refractivity contribution in [1.82, 2.24) is 0 Å². The molecule has 0 aromatic heterocycles. The lowest BCUT2D eigenvalue weighted by Gasteiger charge is -2.08. The van der Waals surface area contributed by atoms with Gasteiger partial charge < -0.3 is 11.1 Å². The number of hydrogen-bond donors (Lipinski definition) is 2. The Morgan fingerprint density at radius 2 is 1.88 bits per heavy atom. The maximum Gasteiger partial charge on any atom is 0.240 e. The molecule has 2 rings (SSSR count). The van der Waals surface area contributed by atoms with E-state index in [-0.39, 0.29) is 5.91 Å². The number of amides is 1. The third kappa shape index (κ3) is 2.84. The van der Waals surface area contributed by atoms with Crippen LogP contribution in [0.4, 0.5) is 5.69 Å². The Hall–Kier alpha value is -1.39. The van der Waals surface area contributed by atoms with Gasteiger partial charge in [0.15, 0.2) is 0 Å². The number of halogens is 1. The molecule has 0 saturated heterocycles. The molecule has 1 unspecified atom stereocenters. The van der Waals surface area contributed by atoms with Gasteiger partial charge in [-0.05, 0) is 42.0 Å². The first-order chi connectivity index (χ1) is 8.06. The summed E-state index contributed by atoms with van der Waals surface area (Å²) in [6.45, 7) is 1.66. The van der Waals surface area contributed by atoms with E-state index in [2.05, 4.69) is 21.2 Å². The number of benzene rings is 2. The Balaban J connectivity index is 2.32. The lowest BCUT2D eigenvalue weighted by atomic mass is 10.1. The monoisotopic (exact) mass is 292 g/mol. The van der Waals surface area contributed by atoms with Gasteiger partial charge in [-0.15, -0.1) is 0 Å². The Morgan fingerprint density at radius 1 is 1.24 bits per heavy atom. The standard InChI is InChI=1S/C13H13BrN2O/c1-8(15)13(17)16-12-5-3-9-6-11(14)4-2-10(9)7-12/h2-8H,15H2,1H3,(H,16,17). The fourth-order valence-electron chi connectivity index (χ4n) is 1.55. The van der Waals surface area contributed by atoms with Crippen LogP contribution < -0.4 is 11.1 Å². The minimum atomic E-state index is -0.504. The smallest absolute Gasteiger partial charge is 0.240 e. The lowest BCUT2D eigenvalue weighted by molar-refractivity contribution is -0.117. The van der Waals surface area contributed by atoms with Crippen molar-refractivity contribution in [3.05, 3.63) is 40.9 Å². The van der Waals surface area contributed by atoms with Gasteiger partial charge >= 0.3 is 0 Å². The summed E-state index contributed by atoms with van der Waals surface area (Å²) in [7, 11) is 0. The van der Waals surface area contributed by atoms with Crippen LogP contribution in [0.15, 0.2) is 40.9 Å². The highest BCUT2D eigenvalue weighted by atomic mass is 79.9. The largest absolute Gasteiger partial charge is 0.325 e. The molecule has 0 aliphatic rings. The molecular formula is C13H13BrN2O. The first-order valence-corrected chi connectivity index (χ1v) is 6.11. The van der Waals surface area contributed by atoms with Crippen molar-refractivity contribution in [2.75, 3.05) is 5.32 Å². The van der Waals surface area contributed by atoms with Crippen LogP contribution in [0.2, 0.25) is 0 Å². The topological polar surface area (TPSA) is 55.1 Å². The fourth-order valence-corrected chi connectivity index (χ4v) is 1.93. The highest BCUT2D eigenvalue weighted by Gasteiger charge is 2.07. The normalized spacial score (nSPS) is 12.4. The fraction of sp³-hybridized carbons (Fsp3) is 0.154. The Labute approximate surface area is 108 Å². The zero-order valence-corrected chi connectivity index (χ0v) is 11.0. The molecule has 0 spiro atoms. The molecule has 88 valence electrons. The van der Waals surface area contributed by atoms with Crippen molar-refractivity contribution in [2.24, 2.45) is 5.73 Å². The molecule has 0 heterocycles. The van der Waals surface area contributed by atoms with Crippen LogP contribution in [-0.2, 0) is 4.79 Å². The molecule has 1 atom stereocenters. The summed E-state index contributed by atoms with van der Waals surface area (Å²) in [5.41, 5.74) is 6.26. The second-order valence-corrected chi connectivity index (χ2v) is 4.90. The van der Waals surface area contributed by atoms with Crippen LogP contribution in [-0.4, -0.2) is 11.9 Å². The maximum atomic E-state index is 11.5. The van der Waals surface area contributed by atoms with Gasteiger partial charge in [-0.1, -0.05) is 28.1 Å². The molecule has 1 amide bonds. The lowest BCUT2D eigenvalue weighted by Crippen LogP contribution is -2.32. The van der Waals surface area contributed by atoms with Gasteiger partial charge in [0.25, 0.3) is 0 Å². The van der Waals surface area contributed by atoms with Gasteiger partial charge in [0.1, 0.15) is 0 Å². The molecule has 2 aromatic rings. The van der Waals surface area contributed by atoms with Crippen molar-refractivity contribution < 1.29 is 4.79 Å². The van der Waals surface area contributed by atoms with Gasteiger partial charge in [0.05, 0.1) is 6.04 Å². The predicted octanol–water partition coefficient (Wildman–Crippen LogP) is 2.89. The predicted molar refractivity (Wildman–Crippen MR) is 73.9 cm³/mol. The van der Waals surface area contributed by atoms with Gasteiger partial charge in [-0.2, -0.15) is 0 Å². The average Bonchev–Trinajstić information content (AvgIpc) is 2.29. The summed E-state index contributed by atoms with van der Waals surface area (Å²) in [4.78, 5) is 11.5. The number of anilines is 1. The molecule has 4 heteroatoms. The van der Waals surface area contributed by atoms with E-state index in [1.165, 1.54) is 0 Å². The zero-order valence-electron chi connectivity index (χ0n) is 9.41. The van der Waals surface area contributed by atoms with Crippen molar-refractivity contribution in [2.45, 2.75) is 13.0 Å². The quantitative estimate of drug-likeness (QED) is 0.894. The summed E-state index contributed by atoms with van der Waals surface area (Å²) in [5.74, 6) is -0.179. The minimum absolute atomic E-state index is 0.179. The van der Waals surface area contributed by atoms with E-state index in [0.29, 0.717) is 0 Å². The van der Waals surface area contributed by atoms with E-state index in [1.54, 1.807) is 6.92 Å². The molecular weight excluding hydrogens is 280 g/mol. The van der Waals surface area contributed by atoms with Gasteiger partial charge in [0.2, 0.25) is 5.91 Å². The summed E-state index contributed by atoms with van der Waals surface area (Å²) in [5, 5.41) is 4.98. The van der Waals surface area contributed by atoms with Crippen LogP contribution in [0.3, 0.4) is 0 Å². The first kappa shape index (κ1) is 12.1. The molecule has 0 fully saturated rings. The van der Waals surface area contributed by atoms with Gasteiger partial charge in [-0.25, -0.2) is 0 Å². The van der Waals surface area contributed by atoms with E-state index in [4.69, 9.17) is 5.73 Å². The average molecular weight is 293 g/mol. The first-order valence-electron chi connectivity index (χ1n) is 5.32. The molecule has 0 bridgehead atoms. The Kier molecular flexibility index (Phi) is 3.45. The zero-order chi connectivity index (χ0) is 12.4. The third-order valence-electron chi connectivity index (χ3n) is 2.48. The van der Waals surface area contributed by atoms with Crippen LogP contribution >= 0.6 is 15.9 Å². The molecule has 17 heavy (non-hydrogen) atoms. The van der Waals surface area contributed by atoms with E-state index < -0.39 is 6.04 Å². The van der Waals surface area contributed by atoms with E-state index in [9.17, 15) is 4.79 Å². The molecule has 0 aliphatic carbocycles. The molecule has 0 radical (unpaired) electrons. The number of nitrogens with one attached hydrogen (secondary N) is 1. The summed E-state index contributed by atoms with van der Waals surface area (Å²) < 4.78 is 1.04. The second-order valence-electron chi connectivity index (χ2n) is 3.98. The number of carbonyl (C=O) groups is 1. The maximum absolute atomic E-state index is 11.5. The van der Waals surface area contributed by atoms with Crippen molar-refractivity contribution in [3.63, 3.8) is 0 Å². The third-order valence-corrected chi connectivity index (χ3v) is 2.98. The van der Waals surface area contributed by atoms with Crippen LogP contribution in [0.5, 0.6) is 0 Å². The molecule has 3 N–H and O–H groups in total. The summed E-state index contributed by atoms with van der Waals surface area (Å²) >= 11 is 3.42. The van der Waals surface area contributed by atoms with Crippen molar-refractivity contribution in [1.29, 1.82) is 0 Å².